The molecule has 5 nitrogen and oxygen atoms in total. The van der Waals surface area contributed by atoms with Gasteiger partial charge in [-0.25, -0.2) is 8.42 Å². The van der Waals surface area contributed by atoms with Crippen LogP contribution in [0.25, 0.3) is 0 Å². The van der Waals surface area contributed by atoms with Crippen LogP contribution in [0.5, 0.6) is 11.5 Å². The average Bonchev–Trinajstić information content (AvgIpc) is 3.12. The number of methoxy groups -OCH3 is 2. The second-order valence-corrected chi connectivity index (χ2v) is 10.4. The molecule has 0 saturated carbocycles. The highest BCUT2D eigenvalue weighted by atomic mass is 79.9. The molecule has 0 N–H and O–H groups in total. The monoisotopic (exact) mass is 521 g/mol. The Hall–Kier alpha value is -0.740. The summed E-state index contributed by atoms with van der Waals surface area (Å²) in [5, 5.41) is -0.365. The van der Waals surface area contributed by atoms with Gasteiger partial charge in [0.25, 0.3) is 0 Å². The third-order valence-electron chi connectivity index (χ3n) is 4.02. The van der Waals surface area contributed by atoms with Crippen molar-refractivity contribution in [2.45, 2.75) is 10.3 Å². The van der Waals surface area contributed by atoms with Crippen LogP contribution in [-0.2, 0) is 10.0 Å². The molecule has 0 radical (unpaired) electrons. The summed E-state index contributed by atoms with van der Waals surface area (Å²) in [4.78, 5) is 0.149. The maximum absolute atomic E-state index is 13.4. The summed E-state index contributed by atoms with van der Waals surface area (Å²) in [7, 11) is -0.699. The normalized spacial score (nSPS) is 18.1. The lowest BCUT2D eigenvalue weighted by atomic mass is 10.2. The number of hydrogen-bond donors (Lipinski definition) is 0. The maximum atomic E-state index is 13.4. The fourth-order valence-corrected chi connectivity index (χ4v) is 7.14. The van der Waals surface area contributed by atoms with Crippen LogP contribution in [0.2, 0.25) is 0 Å². The molecule has 0 unspecified atom stereocenters. The van der Waals surface area contributed by atoms with E-state index in [1.807, 2.05) is 18.2 Å². The molecule has 2 aromatic rings. The number of benzene rings is 2. The summed E-state index contributed by atoms with van der Waals surface area (Å²) in [6.07, 6.45) is 0. The number of rotatable bonds is 5. The summed E-state index contributed by atoms with van der Waals surface area (Å²) < 4.78 is 40.6. The third-order valence-corrected chi connectivity index (χ3v) is 8.27. The molecule has 1 aliphatic heterocycles. The Morgan fingerprint density at radius 3 is 2.31 bits per heavy atom. The van der Waals surface area contributed by atoms with Gasteiger partial charge in [0.1, 0.15) is 16.4 Å². The standard InChI is InChI=1S/C17H17Br2NO4S2/c1-23-14-5-3-11(18)9-13(14)17-20(7-8-25-17)26(21,22)16-10-12(19)4-6-15(16)24-2/h3-6,9-10,17H,7-8H2,1-2H3/t17-/m1/s1. The summed E-state index contributed by atoms with van der Waals surface area (Å²) in [5.74, 6) is 1.69. The number of nitrogens with zero attached hydrogens (tertiary/aromatic N) is 1. The van der Waals surface area contributed by atoms with Crippen LogP contribution in [0.1, 0.15) is 10.9 Å². The van der Waals surface area contributed by atoms with Gasteiger partial charge in [0.2, 0.25) is 10.0 Å². The first-order chi connectivity index (χ1) is 12.4. The highest BCUT2D eigenvalue weighted by Gasteiger charge is 2.39. The zero-order chi connectivity index (χ0) is 18.9. The zero-order valence-corrected chi connectivity index (χ0v) is 18.9. The van der Waals surface area contributed by atoms with Gasteiger partial charge in [-0.2, -0.15) is 4.31 Å². The lowest BCUT2D eigenvalue weighted by molar-refractivity contribution is 0.383. The van der Waals surface area contributed by atoms with Crippen LogP contribution in [0.4, 0.5) is 0 Å². The van der Waals surface area contributed by atoms with Crippen LogP contribution in [0.3, 0.4) is 0 Å². The number of halogens is 2. The van der Waals surface area contributed by atoms with E-state index in [1.54, 1.807) is 37.1 Å². The van der Waals surface area contributed by atoms with E-state index in [2.05, 4.69) is 31.9 Å². The van der Waals surface area contributed by atoms with Crippen LogP contribution < -0.4 is 9.47 Å². The van der Waals surface area contributed by atoms with Crippen molar-refractivity contribution < 1.29 is 17.9 Å². The molecular weight excluding hydrogens is 506 g/mol. The molecule has 1 fully saturated rings. The highest BCUT2D eigenvalue weighted by Crippen LogP contribution is 2.46. The third kappa shape index (κ3) is 3.77. The molecular formula is C17H17Br2NO4S2. The number of thioether (sulfide) groups is 1. The molecule has 3 rings (SSSR count). The van der Waals surface area contributed by atoms with Gasteiger partial charge in [-0.1, -0.05) is 31.9 Å². The smallest absolute Gasteiger partial charge is 0.248 e. The van der Waals surface area contributed by atoms with Crippen molar-refractivity contribution in [3.8, 4) is 11.5 Å². The largest absolute Gasteiger partial charge is 0.496 e. The van der Waals surface area contributed by atoms with Gasteiger partial charge < -0.3 is 9.47 Å². The first-order valence-electron chi connectivity index (χ1n) is 7.69. The zero-order valence-electron chi connectivity index (χ0n) is 14.1. The lowest BCUT2D eigenvalue weighted by Crippen LogP contribution is -2.31. The molecule has 140 valence electrons. The number of hydrogen-bond acceptors (Lipinski definition) is 5. The molecule has 9 heteroatoms. The lowest BCUT2D eigenvalue weighted by Gasteiger charge is -2.25. The van der Waals surface area contributed by atoms with Crippen molar-refractivity contribution >= 4 is 53.6 Å². The van der Waals surface area contributed by atoms with Crippen molar-refractivity contribution in [3.63, 3.8) is 0 Å². The van der Waals surface area contributed by atoms with Crippen molar-refractivity contribution in [2.24, 2.45) is 0 Å². The van der Waals surface area contributed by atoms with Gasteiger partial charge >= 0.3 is 0 Å². The van der Waals surface area contributed by atoms with Crippen molar-refractivity contribution in [1.82, 2.24) is 4.31 Å². The van der Waals surface area contributed by atoms with Gasteiger partial charge in [-0.15, -0.1) is 11.8 Å². The molecule has 0 bridgehead atoms. The average molecular weight is 523 g/mol. The van der Waals surface area contributed by atoms with E-state index in [-0.39, 0.29) is 10.3 Å². The van der Waals surface area contributed by atoms with Crippen molar-refractivity contribution in [1.29, 1.82) is 0 Å². The van der Waals surface area contributed by atoms with Crippen molar-refractivity contribution in [2.75, 3.05) is 26.5 Å². The van der Waals surface area contributed by atoms with E-state index >= 15 is 0 Å². The molecule has 26 heavy (non-hydrogen) atoms. The maximum Gasteiger partial charge on any atom is 0.248 e. The molecule has 0 aliphatic carbocycles. The summed E-state index contributed by atoms with van der Waals surface area (Å²) >= 11 is 8.38. The summed E-state index contributed by atoms with van der Waals surface area (Å²) in [6, 6.07) is 10.6. The molecule has 1 heterocycles. The van der Waals surface area contributed by atoms with E-state index in [0.29, 0.717) is 28.3 Å². The second-order valence-electron chi connectivity index (χ2n) is 5.52. The van der Waals surface area contributed by atoms with Gasteiger partial charge in [-0.3, -0.25) is 0 Å². The first kappa shape index (κ1) is 20.0. The van der Waals surface area contributed by atoms with Crippen LogP contribution >= 0.6 is 43.6 Å². The molecule has 1 atom stereocenters. The van der Waals surface area contributed by atoms with Crippen LogP contribution in [0.15, 0.2) is 50.2 Å². The minimum atomic E-state index is -3.75. The summed E-state index contributed by atoms with van der Waals surface area (Å²) in [6.45, 7) is 0.420. The van der Waals surface area contributed by atoms with Gasteiger partial charge in [0, 0.05) is 26.8 Å². The Balaban J connectivity index is 2.08. The molecule has 0 spiro atoms. The molecule has 1 saturated heterocycles. The molecule has 0 aromatic heterocycles. The quantitative estimate of drug-likeness (QED) is 0.571. The topological polar surface area (TPSA) is 55.8 Å². The predicted molar refractivity (Wildman–Crippen MR) is 110 cm³/mol. The fraction of sp³-hybridized carbons (Fsp3) is 0.294. The first-order valence-corrected chi connectivity index (χ1v) is 11.8. The van der Waals surface area contributed by atoms with Crippen LogP contribution in [0, 0.1) is 0 Å². The van der Waals surface area contributed by atoms with E-state index < -0.39 is 10.0 Å². The minimum Gasteiger partial charge on any atom is -0.496 e. The van der Waals surface area contributed by atoms with Crippen LogP contribution in [-0.4, -0.2) is 39.2 Å². The van der Waals surface area contributed by atoms with Gasteiger partial charge in [0.05, 0.1) is 19.6 Å². The molecule has 0 amide bonds. The molecule has 2 aromatic carbocycles. The number of ether oxygens (including phenoxy) is 2. The van der Waals surface area contributed by atoms with E-state index in [0.717, 1.165) is 10.0 Å². The van der Waals surface area contributed by atoms with Gasteiger partial charge in [0.15, 0.2) is 0 Å². The minimum absolute atomic E-state index is 0.149. The van der Waals surface area contributed by atoms with E-state index in [4.69, 9.17) is 9.47 Å². The highest BCUT2D eigenvalue weighted by molar-refractivity contribution is 9.10. The Kier molecular flexibility index (Phi) is 6.23. The summed E-state index contributed by atoms with van der Waals surface area (Å²) in [5.41, 5.74) is 0.821. The fourth-order valence-electron chi connectivity index (χ4n) is 2.82. The SMILES string of the molecule is COc1ccc(Br)cc1[C@H]1SCCN1S(=O)(=O)c1cc(Br)ccc1OC. The Morgan fingerprint density at radius 2 is 1.65 bits per heavy atom. The number of sulfonamides is 1. The Labute approximate surface area is 174 Å². The van der Waals surface area contributed by atoms with E-state index in [9.17, 15) is 8.42 Å². The predicted octanol–water partition coefficient (Wildman–Crippen LogP) is 4.67. The molecule has 1 aliphatic rings. The Morgan fingerprint density at radius 1 is 1.04 bits per heavy atom. The Bertz CT molecular complexity index is 921. The van der Waals surface area contributed by atoms with E-state index in [1.165, 1.54) is 11.4 Å². The van der Waals surface area contributed by atoms with Gasteiger partial charge in [-0.05, 0) is 36.4 Å². The van der Waals surface area contributed by atoms with Crippen molar-refractivity contribution in [3.05, 3.63) is 50.9 Å². The second kappa shape index (κ2) is 8.10.